The van der Waals surface area contributed by atoms with E-state index in [1.807, 2.05) is 0 Å². The van der Waals surface area contributed by atoms with Crippen molar-refractivity contribution in [1.29, 1.82) is 0 Å². The fraction of sp³-hybridized carbons (Fsp3) is 0.833. The van der Waals surface area contributed by atoms with Crippen molar-refractivity contribution in [2.24, 2.45) is 5.92 Å². The minimum atomic E-state index is -3.64. The molecule has 1 N–H and O–H groups in total. The lowest BCUT2D eigenvalue weighted by molar-refractivity contribution is -0.146. The molecule has 0 atom stereocenters. The number of rotatable bonds is 3. The van der Waals surface area contributed by atoms with Gasteiger partial charge in [0.05, 0.1) is 19.6 Å². The molecular formula is C12H21N3O5S. The van der Waals surface area contributed by atoms with Gasteiger partial charge in [-0.05, 0) is 19.3 Å². The number of ether oxygens (including phenoxy) is 1. The summed E-state index contributed by atoms with van der Waals surface area (Å²) < 4.78 is 32.3. The first-order valence-corrected chi connectivity index (χ1v) is 8.44. The second-order valence-corrected chi connectivity index (χ2v) is 7.17. The molecule has 2 saturated heterocycles. The monoisotopic (exact) mass is 319 g/mol. The SMILES string of the molecule is COC(=O)C1CCN(S(=O)(=O)N2CCCNC(=O)C2)CC1. The van der Waals surface area contributed by atoms with Gasteiger partial charge >= 0.3 is 5.97 Å². The molecule has 0 aromatic carbocycles. The number of nitrogens with zero attached hydrogens (tertiary/aromatic N) is 2. The van der Waals surface area contributed by atoms with E-state index in [-0.39, 0.29) is 37.4 Å². The summed E-state index contributed by atoms with van der Waals surface area (Å²) >= 11 is 0. The Kier molecular flexibility index (Phi) is 5.17. The van der Waals surface area contributed by atoms with Gasteiger partial charge in [0, 0.05) is 26.2 Å². The van der Waals surface area contributed by atoms with Gasteiger partial charge in [0.1, 0.15) is 0 Å². The van der Waals surface area contributed by atoms with Crippen LogP contribution in [0.1, 0.15) is 19.3 Å². The van der Waals surface area contributed by atoms with E-state index in [9.17, 15) is 18.0 Å². The van der Waals surface area contributed by atoms with Crippen LogP contribution in [0.25, 0.3) is 0 Å². The zero-order valence-corrected chi connectivity index (χ0v) is 12.9. The van der Waals surface area contributed by atoms with Crippen LogP contribution in [0.5, 0.6) is 0 Å². The first-order valence-electron chi connectivity index (χ1n) is 7.05. The number of nitrogens with one attached hydrogen (secondary N) is 1. The van der Waals surface area contributed by atoms with Crippen LogP contribution in [-0.2, 0) is 24.5 Å². The Balaban J connectivity index is 2.00. The molecule has 2 aliphatic rings. The largest absolute Gasteiger partial charge is 0.469 e. The number of hydrogen-bond donors (Lipinski definition) is 1. The maximum absolute atomic E-state index is 12.5. The predicted molar refractivity (Wildman–Crippen MR) is 74.4 cm³/mol. The van der Waals surface area contributed by atoms with Crippen molar-refractivity contribution in [3.63, 3.8) is 0 Å². The Hall–Kier alpha value is -1.19. The fourth-order valence-electron chi connectivity index (χ4n) is 2.63. The molecule has 0 aliphatic carbocycles. The minimum absolute atomic E-state index is 0.140. The van der Waals surface area contributed by atoms with Gasteiger partial charge in [-0.2, -0.15) is 17.0 Å². The van der Waals surface area contributed by atoms with E-state index in [0.29, 0.717) is 32.4 Å². The Morgan fingerprint density at radius 1 is 1.24 bits per heavy atom. The van der Waals surface area contributed by atoms with Crippen LogP contribution in [0.15, 0.2) is 0 Å². The van der Waals surface area contributed by atoms with Crippen molar-refractivity contribution in [2.75, 3.05) is 39.8 Å². The molecule has 1 amide bonds. The Morgan fingerprint density at radius 3 is 2.52 bits per heavy atom. The number of carbonyl (C=O) groups excluding carboxylic acids is 2. The van der Waals surface area contributed by atoms with Crippen molar-refractivity contribution in [1.82, 2.24) is 13.9 Å². The minimum Gasteiger partial charge on any atom is -0.469 e. The molecule has 0 spiro atoms. The fourth-order valence-corrected chi connectivity index (χ4v) is 4.27. The second-order valence-electron chi connectivity index (χ2n) is 5.24. The van der Waals surface area contributed by atoms with Gasteiger partial charge in [-0.15, -0.1) is 0 Å². The normalized spacial score (nSPS) is 23.4. The van der Waals surface area contributed by atoms with Gasteiger partial charge in [0.15, 0.2) is 0 Å². The van der Waals surface area contributed by atoms with Crippen molar-refractivity contribution in [2.45, 2.75) is 19.3 Å². The molecule has 9 heteroatoms. The van der Waals surface area contributed by atoms with Crippen LogP contribution in [0.3, 0.4) is 0 Å². The molecule has 0 aromatic rings. The van der Waals surface area contributed by atoms with Crippen LogP contribution in [-0.4, -0.2) is 68.7 Å². The van der Waals surface area contributed by atoms with E-state index in [1.165, 1.54) is 15.7 Å². The molecule has 2 rings (SSSR count). The smallest absolute Gasteiger partial charge is 0.308 e. The van der Waals surface area contributed by atoms with E-state index in [4.69, 9.17) is 0 Å². The van der Waals surface area contributed by atoms with Gasteiger partial charge in [0.25, 0.3) is 10.2 Å². The maximum Gasteiger partial charge on any atom is 0.308 e. The van der Waals surface area contributed by atoms with Gasteiger partial charge in [-0.3, -0.25) is 9.59 Å². The van der Waals surface area contributed by atoms with E-state index < -0.39 is 10.2 Å². The van der Waals surface area contributed by atoms with Crippen molar-refractivity contribution in [3.8, 4) is 0 Å². The van der Waals surface area contributed by atoms with E-state index in [1.54, 1.807) is 0 Å². The number of esters is 1. The number of piperidine rings is 1. The van der Waals surface area contributed by atoms with Crippen LogP contribution in [0, 0.1) is 5.92 Å². The summed E-state index contributed by atoms with van der Waals surface area (Å²) in [4.78, 5) is 23.0. The van der Waals surface area contributed by atoms with Crippen molar-refractivity contribution < 1.29 is 22.7 Å². The Labute approximate surface area is 124 Å². The lowest BCUT2D eigenvalue weighted by Gasteiger charge is -2.33. The summed E-state index contributed by atoms with van der Waals surface area (Å²) in [6, 6.07) is 0. The highest BCUT2D eigenvalue weighted by Gasteiger charge is 2.36. The third-order valence-corrected chi connectivity index (χ3v) is 5.85. The van der Waals surface area contributed by atoms with Crippen molar-refractivity contribution >= 4 is 22.1 Å². The molecule has 0 bridgehead atoms. The number of amides is 1. The third-order valence-electron chi connectivity index (χ3n) is 3.87. The average Bonchev–Trinajstić information content (AvgIpc) is 2.71. The highest BCUT2D eigenvalue weighted by Crippen LogP contribution is 2.22. The molecule has 0 saturated carbocycles. The van der Waals surface area contributed by atoms with Gasteiger partial charge in [-0.25, -0.2) is 0 Å². The molecule has 0 aromatic heterocycles. The molecule has 120 valence electrons. The summed E-state index contributed by atoms with van der Waals surface area (Å²) in [5, 5.41) is 2.65. The summed E-state index contributed by atoms with van der Waals surface area (Å²) in [6.07, 6.45) is 1.50. The van der Waals surface area contributed by atoms with Crippen LogP contribution < -0.4 is 5.32 Å². The summed E-state index contributed by atoms with van der Waals surface area (Å²) in [6.45, 7) is 1.24. The molecule has 2 heterocycles. The van der Waals surface area contributed by atoms with Crippen LogP contribution >= 0.6 is 0 Å². The zero-order valence-electron chi connectivity index (χ0n) is 12.1. The van der Waals surface area contributed by atoms with Gasteiger partial charge in [0.2, 0.25) is 5.91 Å². The van der Waals surface area contributed by atoms with E-state index in [0.717, 1.165) is 0 Å². The molecule has 8 nitrogen and oxygen atoms in total. The number of methoxy groups -OCH3 is 1. The molecule has 0 radical (unpaired) electrons. The highest BCUT2D eigenvalue weighted by atomic mass is 32.2. The van der Waals surface area contributed by atoms with Crippen LogP contribution in [0.4, 0.5) is 0 Å². The first kappa shape index (κ1) is 16.2. The lowest BCUT2D eigenvalue weighted by Crippen LogP contribution is -2.49. The molecule has 0 unspecified atom stereocenters. The van der Waals surface area contributed by atoms with Crippen molar-refractivity contribution in [3.05, 3.63) is 0 Å². The summed E-state index contributed by atoms with van der Waals surface area (Å²) in [7, 11) is -2.31. The van der Waals surface area contributed by atoms with Gasteiger partial charge < -0.3 is 10.1 Å². The standard InChI is InChI=1S/C12H21N3O5S/c1-20-12(17)10-3-7-14(8-4-10)21(18,19)15-6-2-5-13-11(16)9-15/h10H,2-9H2,1H3,(H,13,16). The second kappa shape index (κ2) is 6.71. The summed E-state index contributed by atoms with van der Waals surface area (Å²) in [5.74, 6) is -0.810. The Bertz CT molecular complexity index is 499. The Morgan fingerprint density at radius 2 is 1.90 bits per heavy atom. The van der Waals surface area contributed by atoms with E-state index in [2.05, 4.69) is 10.1 Å². The van der Waals surface area contributed by atoms with Gasteiger partial charge in [-0.1, -0.05) is 0 Å². The first-order chi connectivity index (χ1) is 9.95. The topological polar surface area (TPSA) is 96.0 Å². The third kappa shape index (κ3) is 3.72. The average molecular weight is 319 g/mol. The molecular weight excluding hydrogens is 298 g/mol. The quantitative estimate of drug-likeness (QED) is 0.669. The molecule has 2 aliphatic heterocycles. The highest BCUT2D eigenvalue weighted by molar-refractivity contribution is 7.86. The maximum atomic E-state index is 12.5. The molecule has 2 fully saturated rings. The zero-order chi connectivity index (χ0) is 15.5. The van der Waals surface area contributed by atoms with E-state index >= 15 is 0 Å². The molecule has 21 heavy (non-hydrogen) atoms. The lowest BCUT2D eigenvalue weighted by atomic mass is 9.99. The predicted octanol–water partition coefficient (Wildman–Crippen LogP) is -1.06. The number of carbonyl (C=O) groups is 2. The number of hydrogen-bond acceptors (Lipinski definition) is 5. The van der Waals surface area contributed by atoms with Crippen LogP contribution in [0.2, 0.25) is 0 Å². The summed E-state index contributed by atoms with van der Waals surface area (Å²) in [5.41, 5.74) is 0.